The minimum atomic E-state index is -0.876. The van der Waals surface area contributed by atoms with Crippen LogP contribution in [-0.2, 0) is 10.8 Å². The zero-order chi connectivity index (χ0) is 52.0. The van der Waals surface area contributed by atoms with Crippen molar-refractivity contribution in [3.8, 4) is 66.8 Å². The van der Waals surface area contributed by atoms with E-state index in [9.17, 15) is 0 Å². The van der Waals surface area contributed by atoms with E-state index in [4.69, 9.17) is 0 Å². The normalized spacial score (nSPS) is 13.8. The molecule has 0 fully saturated rings. The molecule has 0 saturated carbocycles. The van der Waals surface area contributed by atoms with Crippen LogP contribution < -0.4 is 0 Å². The summed E-state index contributed by atoms with van der Waals surface area (Å²) in [6.45, 7) is 4.46. The Balaban J connectivity index is 1.06. The lowest BCUT2D eigenvalue weighted by Gasteiger charge is -2.38. The van der Waals surface area contributed by atoms with E-state index in [1.165, 1.54) is 88.7 Å². The lowest BCUT2D eigenvalue weighted by Crippen LogP contribution is -2.33. The van der Waals surface area contributed by atoms with E-state index in [1.54, 1.807) is 0 Å². The number of carbonyl (C=O) groups excluding carboxylic acids is 2. The van der Waals surface area contributed by atoms with Gasteiger partial charge in [0.2, 0.25) is 0 Å². The highest BCUT2D eigenvalue weighted by molar-refractivity contribution is 6.20. The standard InChI is InChI=1S/C76H48O2/c1-45-41-61-62(42-46(45)2)70-60-40-38-50(74(78)58-32-12-10-26-52(58)48-23-7-4-8-24-48)44-68(60)76(65-35-19-15-29-55(65)56-30-16-20-36-66(56)76)72(70)71-69(61)59-39-37-49(73(77)57-31-11-9-25-51(57)47-21-5-3-6-22-47)43-67(59)75(71)63-33-17-13-27-53(63)54-28-14-18-34-64(54)75/h3-44H,1-2H3. The van der Waals surface area contributed by atoms with Gasteiger partial charge in [-0.15, -0.1) is 0 Å². The second-order valence-corrected chi connectivity index (χ2v) is 21.7. The van der Waals surface area contributed by atoms with Gasteiger partial charge in [0, 0.05) is 22.3 Å². The average molecular weight is 993 g/mol. The van der Waals surface area contributed by atoms with Gasteiger partial charge in [-0.2, -0.15) is 0 Å². The third-order valence-electron chi connectivity index (χ3n) is 18.0. The Labute approximate surface area is 453 Å². The van der Waals surface area contributed by atoms with E-state index in [0.717, 1.165) is 44.5 Å². The van der Waals surface area contributed by atoms with Crippen molar-refractivity contribution in [3.63, 3.8) is 0 Å². The first kappa shape index (κ1) is 44.5. The fourth-order valence-electron chi connectivity index (χ4n) is 14.8. The largest absolute Gasteiger partial charge is 0.289 e. The van der Waals surface area contributed by atoms with Crippen molar-refractivity contribution in [3.05, 3.63) is 333 Å². The molecule has 16 rings (SSSR count). The van der Waals surface area contributed by atoms with E-state index in [1.807, 2.05) is 72.8 Å². The Morgan fingerprint density at radius 2 is 0.590 bits per heavy atom. The van der Waals surface area contributed by atoms with E-state index in [-0.39, 0.29) is 11.6 Å². The third-order valence-corrected chi connectivity index (χ3v) is 18.0. The Kier molecular flexibility index (Phi) is 9.35. The molecule has 4 aliphatic rings. The maximum absolute atomic E-state index is 15.6. The van der Waals surface area contributed by atoms with Gasteiger partial charge >= 0.3 is 0 Å². The van der Waals surface area contributed by atoms with Crippen LogP contribution in [0.4, 0.5) is 0 Å². The first-order chi connectivity index (χ1) is 38.4. The van der Waals surface area contributed by atoms with Crippen molar-refractivity contribution >= 4 is 22.3 Å². The maximum atomic E-state index is 15.6. The molecule has 0 unspecified atom stereocenters. The number of hydrogen-bond donors (Lipinski definition) is 0. The van der Waals surface area contributed by atoms with E-state index in [0.29, 0.717) is 22.3 Å². The molecule has 0 amide bonds. The average Bonchev–Trinajstić information content (AvgIpc) is 2.24. The van der Waals surface area contributed by atoms with Crippen LogP contribution in [0.15, 0.2) is 255 Å². The van der Waals surface area contributed by atoms with Crippen molar-refractivity contribution in [2.75, 3.05) is 0 Å². The summed E-state index contributed by atoms with van der Waals surface area (Å²) in [7, 11) is 0. The second-order valence-electron chi connectivity index (χ2n) is 21.7. The molecule has 0 atom stereocenters. The molecular weight excluding hydrogens is 945 g/mol. The van der Waals surface area contributed by atoms with Gasteiger partial charge in [0.15, 0.2) is 11.6 Å². The van der Waals surface area contributed by atoms with Gasteiger partial charge < -0.3 is 0 Å². The highest BCUT2D eigenvalue weighted by Crippen LogP contribution is 2.72. The van der Waals surface area contributed by atoms with Crippen LogP contribution in [0.25, 0.3) is 77.5 Å². The van der Waals surface area contributed by atoms with Crippen LogP contribution in [0.2, 0.25) is 0 Å². The summed E-state index contributed by atoms with van der Waals surface area (Å²) in [5, 5.41) is 2.36. The predicted octanol–water partition coefficient (Wildman–Crippen LogP) is 17.9. The van der Waals surface area contributed by atoms with Gasteiger partial charge in [-0.25, -0.2) is 0 Å². The molecule has 78 heavy (non-hydrogen) atoms. The number of hydrogen-bond acceptors (Lipinski definition) is 2. The Morgan fingerprint density at radius 3 is 0.949 bits per heavy atom. The highest BCUT2D eigenvalue weighted by atomic mass is 16.1. The van der Waals surface area contributed by atoms with E-state index >= 15 is 9.59 Å². The lowest BCUT2D eigenvalue weighted by molar-refractivity contribution is 0.103. The SMILES string of the molecule is Cc1cc2c3c(c4c(c2cc1C)-c1ccc(C(=O)c2ccccc2-c2ccccc2)cc1C41c2ccccc2-c2ccccc21)C1(c2ccccc2-c2ccccc21)c1cc(C(=O)c2ccccc2-c2ccccc2)ccc1-3. The number of rotatable bonds is 6. The van der Waals surface area contributed by atoms with Crippen molar-refractivity contribution in [1.82, 2.24) is 0 Å². The molecule has 364 valence electrons. The number of carbonyl (C=O) groups is 2. The summed E-state index contributed by atoms with van der Waals surface area (Å²) < 4.78 is 0. The predicted molar refractivity (Wildman–Crippen MR) is 317 cm³/mol. The number of aryl methyl sites for hydroxylation is 2. The lowest BCUT2D eigenvalue weighted by atomic mass is 9.62. The van der Waals surface area contributed by atoms with Gasteiger partial charge in [0.05, 0.1) is 10.8 Å². The van der Waals surface area contributed by atoms with Crippen LogP contribution in [0.5, 0.6) is 0 Å². The van der Waals surface area contributed by atoms with Crippen LogP contribution in [0, 0.1) is 13.8 Å². The number of fused-ring (bicyclic) bond motifs is 24. The molecular formula is C76H48O2. The zero-order valence-electron chi connectivity index (χ0n) is 43.1. The molecule has 0 bridgehead atoms. The molecule has 2 nitrogen and oxygen atoms in total. The quantitative estimate of drug-likeness (QED) is 0.156. The topological polar surface area (TPSA) is 34.1 Å². The highest BCUT2D eigenvalue weighted by Gasteiger charge is 2.61. The summed E-state index contributed by atoms with van der Waals surface area (Å²) in [4.78, 5) is 31.2. The number of ketones is 2. The molecule has 0 saturated heterocycles. The van der Waals surface area contributed by atoms with Gasteiger partial charge in [0.1, 0.15) is 0 Å². The van der Waals surface area contributed by atoms with Crippen molar-refractivity contribution in [2.45, 2.75) is 24.7 Å². The Bertz CT molecular complexity index is 4230. The minimum absolute atomic E-state index is 0.0157. The molecule has 0 heterocycles. The van der Waals surface area contributed by atoms with Gasteiger partial charge in [-0.3, -0.25) is 9.59 Å². The molecule has 0 N–H and O–H groups in total. The Hall–Kier alpha value is -9.76. The monoisotopic (exact) mass is 992 g/mol. The van der Waals surface area contributed by atoms with E-state index in [2.05, 4.69) is 196 Å². The summed E-state index contributed by atoms with van der Waals surface area (Å²) in [5.74, 6) is -0.0314. The van der Waals surface area contributed by atoms with Crippen molar-refractivity contribution in [2.24, 2.45) is 0 Å². The Morgan fingerprint density at radius 1 is 0.282 bits per heavy atom. The zero-order valence-corrected chi connectivity index (χ0v) is 43.1. The van der Waals surface area contributed by atoms with Crippen molar-refractivity contribution in [1.29, 1.82) is 0 Å². The first-order valence-electron chi connectivity index (χ1n) is 27.1. The van der Waals surface area contributed by atoms with Crippen LogP contribution in [0.1, 0.15) is 87.5 Å². The van der Waals surface area contributed by atoms with Gasteiger partial charge in [0.25, 0.3) is 0 Å². The summed E-state index contributed by atoms with van der Waals surface area (Å²) in [6, 6.07) is 90.5. The van der Waals surface area contributed by atoms with Crippen LogP contribution in [0.3, 0.4) is 0 Å². The summed E-state index contributed by atoms with van der Waals surface area (Å²) in [5.41, 5.74) is 26.0. The number of benzene rings is 12. The molecule has 2 heteroatoms. The van der Waals surface area contributed by atoms with Crippen molar-refractivity contribution < 1.29 is 9.59 Å². The summed E-state index contributed by atoms with van der Waals surface area (Å²) in [6.07, 6.45) is 0. The molecule has 0 aromatic heterocycles. The molecule has 12 aromatic rings. The van der Waals surface area contributed by atoms with Crippen LogP contribution in [-0.4, -0.2) is 11.6 Å². The van der Waals surface area contributed by atoms with Crippen LogP contribution >= 0.6 is 0 Å². The first-order valence-corrected chi connectivity index (χ1v) is 27.1. The van der Waals surface area contributed by atoms with Gasteiger partial charge in [-0.05, 0) is 159 Å². The fourth-order valence-corrected chi connectivity index (χ4v) is 14.8. The molecule has 0 aliphatic heterocycles. The third kappa shape index (κ3) is 5.71. The summed E-state index contributed by atoms with van der Waals surface area (Å²) >= 11 is 0. The smallest absolute Gasteiger partial charge is 0.193 e. The second kappa shape index (κ2) is 16.4. The molecule has 4 aliphatic carbocycles. The molecule has 0 radical (unpaired) electrons. The fraction of sp³-hybridized carbons (Fsp3) is 0.0526. The molecule has 12 aromatic carbocycles. The molecule has 2 spiro atoms. The van der Waals surface area contributed by atoms with E-state index < -0.39 is 10.8 Å². The maximum Gasteiger partial charge on any atom is 0.193 e. The minimum Gasteiger partial charge on any atom is -0.289 e. The van der Waals surface area contributed by atoms with Gasteiger partial charge in [-0.1, -0.05) is 243 Å².